The molecule has 3 nitrogen and oxygen atoms in total. The van der Waals surface area contributed by atoms with E-state index in [1.165, 1.54) is 38.5 Å². The van der Waals surface area contributed by atoms with Crippen molar-refractivity contribution in [2.45, 2.75) is 57.9 Å². The second-order valence-electron chi connectivity index (χ2n) is 5.73. The van der Waals surface area contributed by atoms with Crippen LogP contribution in [0.1, 0.15) is 51.9 Å². The number of rotatable bonds is 1. The Hall–Kier alpha value is -0.570. The van der Waals surface area contributed by atoms with Crippen LogP contribution in [0.5, 0.6) is 0 Å². The summed E-state index contributed by atoms with van der Waals surface area (Å²) in [6, 6.07) is 0.0955. The lowest BCUT2D eigenvalue weighted by atomic mass is 9.93. The summed E-state index contributed by atoms with van der Waals surface area (Å²) in [5.74, 6) is 1.05. The molecule has 98 valence electrons. The average Bonchev–Trinajstić information content (AvgIpc) is 2.28. The van der Waals surface area contributed by atoms with Gasteiger partial charge in [-0.3, -0.25) is 4.79 Å². The Labute approximate surface area is 105 Å². The van der Waals surface area contributed by atoms with Crippen LogP contribution >= 0.6 is 0 Å². The summed E-state index contributed by atoms with van der Waals surface area (Å²) >= 11 is 0. The highest BCUT2D eigenvalue weighted by atomic mass is 16.2. The van der Waals surface area contributed by atoms with Crippen LogP contribution in [0.2, 0.25) is 0 Å². The van der Waals surface area contributed by atoms with Crippen molar-refractivity contribution >= 4 is 5.91 Å². The zero-order valence-corrected chi connectivity index (χ0v) is 11.1. The van der Waals surface area contributed by atoms with Gasteiger partial charge in [0.1, 0.15) is 0 Å². The quantitative estimate of drug-likeness (QED) is 0.759. The molecule has 0 radical (unpaired) electrons. The summed E-state index contributed by atoms with van der Waals surface area (Å²) in [6.07, 6.45) is 8.54. The maximum absolute atomic E-state index is 12.4. The molecule has 2 saturated heterocycles. The van der Waals surface area contributed by atoms with Gasteiger partial charge in [-0.05, 0) is 38.1 Å². The third kappa shape index (κ3) is 3.70. The van der Waals surface area contributed by atoms with Gasteiger partial charge in [0.2, 0.25) is 5.91 Å². The molecule has 0 aromatic rings. The number of piperidine rings is 1. The Bertz CT molecular complexity index is 247. The predicted octanol–water partition coefficient (Wildman–Crippen LogP) is 2.17. The molecule has 0 saturated carbocycles. The highest BCUT2D eigenvalue weighted by molar-refractivity contribution is 5.82. The number of amides is 1. The number of carbonyl (C=O) groups is 1. The summed E-state index contributed by atoms with van der Waals surface area (Å²) in [6.45, 7) is 5.22. The number of carbonyl (C=O) groups excluding carboxylic acids is 1. The summed E-state index contributed by atoms with van der Waals surface area (Å²) in [4.78, 5) is 14.5. The molecule has 0 aromatic heterocycles. The molecule has 0 bridgehead atoms. The molecule has 2 rings (SSSR count). The van der Waals surface area contributed by atoms with E-state index in [4.69, 9.17) is 0 Å². The van der Waals surface area contributed by atoms with Gasteiger partial charge in [-0.1, -0.05) is 26.2 Å². The van der Waals surface area contributed by atoms with Gasteiger partial charge in [-0.2, -0.15) is 0 Å². The molecule has 2 heterocycles. The van der Waals surface area contributed by atoms with Crippen LogP contribution in [0.3, 0.4) is 0 Å². The van der Waals surface area contributed by atoms with Crippen molar-refractivity contribution in [2.75, 3.05) is 19.6 Å². The van der Waals surface area contributed by atoms with Gasteiger partial charge in [-0.25, -0.2) is 0 Å². The molecule has 17 heavy (non-hydrogen) atoms. The maximum atomic E-state index is 12.4. The fourth-order valence-electron chi connectivity index (χ4n) is 2.98. The zero-order chi connectivity index (χ0) is 12.1. The predicted molar refractivity (Wildman–Crippen MR) is 69.9 cm³/mol. The third-order valence-electron chi connectivity index (χ3n) is 4.13. The Morgan fingerprint density at radius 2 is 1.76 bits per heavy atom. The fraction of sp³-hybridized carbons (Fsp3) is 0.929. The van der Waals surface area contributed by atoms with E-state index in [0.29, 0.717) is 11.8 Å². The van der Waals surface area contributed by atoms with E-state index in [2.05, 4.69) is 17.1 Å². The lowest BCUT2D eigenvalue weighted by molar-refractivity contribution is -0.134. The van der Waals surface area contributed by atoms with Crippen molar-refractivity contribution in [1.82, 2.24) is 10.2 Å². The molecule has 2 unspecified atom stereocenters. The molecule has 3 heteroatoms. The van der Waals surface area contributed by atoms with E-state index >= 15 is 0 Å². The number of nitrogens with zero attached hydrogens (tertiary/aromatic N) is 1. The van der Waals surface area contributed by atoms with Crippen LogP contribution in [-0.2, 0) is 4.79 Å². The van der Waals surface area contributed by atoms with E-state index in [1.807, 2.05) is 0 Å². The maximum Gasteiger partial charge on any atom is 0.239 e. The van der Waals surface area contributed by atoms with E-state index in [1.54, 1.807) is 0 Å². The van der Waals surface area contributed by atoms with Crippen molar-refractivity contribution in [1.29, 1.82) is 0 Å². The number of hydrogen-bond donors (Lipinski definition) is 1. The van der Waals surface area contributed by atoms with Crippen LogP contribution in [0, 0.1) is 5.92 Å². The first-order valence-corrected chi connectivity index (χ1v) is 7.29. The molecular weight excluding hydrogens is 212 g/mol. The molecule has 0 spiro atoms. The largest absolute Gasteiger partial charge is 0.341 e. The summed E-state index contributed by atoms with van der Waals surface area (Å²) in [7, 11) is 0. The van der Waals surface area contributed by atoms with Gasteiger partial charge >= 0.3 is 0 Å². The average molecular weight is 238 g/mol. The minimum Gasteiger partial charge on any atom is -0.341 e. The topological polar surface area (TPSA) is 32.3 Å². The van der Waals surface area contributed by atoms with Crippen LogP contribution in [0.15, 0.2) is 0 Å². The van der Waals surface area contributed by atoms with E-state index in [0.717, 1.165) is 26.1 Å². The van der Waals surface area contributed by atoms with Gasteiger partial charge < -0.3 is 10.2 Å². The second-order valence-corrected chi connectivity index (χ2v) is 5.73. The number of nitrogens with one attached hydrogen (secondary N) is 1. The number of likely N-dealkylation sites (tertiary alicyclic amines) is 1. The van der Waals surface area contributed by atoms with Gasteiger partial charge in [-0.15, -0.1) is 0 Å². The van der Waals surface area contributed by atoms with Crippen molar-refractivity contribution < 1.29 is 4.79 Å². The Balaban J connectivity index is 1.87. The summed E-state index contributed by atoms with van der Waals surface area (Å²) < 4.78 is 0. The first-order valence-electron chi connectivity index (χ1n) is 7.29. The SMILES string of the molecule is CC1CCNC(C(=O)N2CCCCCCC2)C1. The Kier molecular flexibility index (Phi) is 4.84. The smallest absolute Gasteiger partial charge is 0.239 e. The van der Waals surface area contributed by atoms with Gasteiger partial charge in [0.05, 0.1) is 6.04 Å². The Morgan fingerprint density at radius 3 is 2.41 bits per heavy atom. The fourth-order valence-corrected chi connectivity index (χ4v) is 2.98. The third-order valence-corrected chi connectivity index (χ3v) is 4.13. The van der Waals surface area contributed by atoms with Crippen molar-refractivity contribution in [3.63, 3.8) is 0 Å². The molecule has 2 aliphatic rings. The van der Waals surface area contributed by atoms with Gasteiger partial charge in [0.25, 0.3) is 0 Å². The number of hydrogen-bond acceptors (Lipinski definition) is 2. The van der Waals surface area contributed by atoms with Crippen LogP contribution < -0.4 is 5.32 Å². The van der Waals surface area contributed by atoms with Crippen LogP contribution in [0.4, 0.5) is 0 Å². The molecule has 2 fully saturated rings. The van der Waals surface area contributed by atoms with Crippen molar-refractivity contribution in [2.24, 2.45) is 5.92 Å². The van der Waals surface area contributed by atoms with Gasteiger partial charge in [0.15, 0.2) is 0 Å². The first-order chi connectivity index (χ1) is 8.27. The standard InChI is InChI=1S/C14H26N2O/c1-12-7-8-15-13(11-12)14(17)16-9-5-3-2-4-6-10-16/h12-13,15H,2-11H2,1H3. The first kappa shape index (κ1) is 12.9. The molecular formula is C14H26N2O. The van der Waals surface area contributed by atoms with Crippen LogP contribution in [-0.4, -0.2) is 36.5 Å². The monoisotopic (exact) mass is 238 g/mol. The molecule has 0 aliphatic carbocycles. The molecule has 0 aromatic carbocycles. The normalized spacial score (nSPS) is 31.7. The van der Waals surface area contributed by atoms with Crippen LogP contribution in [0.25, 0.3) is 0 Å². The molecule has 2 atom stereocenters. The van der Waals surface area contributed by atoms with E-state index in [9.17, 15) is 4.79 Å². The van der Waals surface area contributed by atoms with Crippen molar-refractivity contribution in [3.05, 3.63) is 0 Å². The zero-order valence-electron chi connectivity index (χ0n) is 11.1. The van der Waals surface area contributed by atoms with E-state index in [-0.39, 0.29) is 6.04 Å². The highest BCUT2D eigenvalue weighted by Gasteiger charge is 2.28. The van der Waals surface area contributed by atoms with Crippen molar-refractivity contribution in [3.8, 4) is 0 Å². The molecule has 1 N–H and O–H groups in total. The lowest BCUT2D eigenvalue weighted by Gasteiger charge is -2.33. The summed E-state index contributed by atoms with van der Waals surface area (Å²) in [5.41, 5.74) is 0. The molecule has 2 aliphatic heterocycles. The lowest BCUT2D eigenvalue weighted by Crippen LogP contribution is -2.50. The Morgan fingerprint density at radius 1 is 1.12 bits per heavy atom. The summed E-state index contributed by atoms with van der Waals surface area (Å²) in [5, 5.41) is 3.39. The highest BCUT2D eigenvalue weighted by Crippen LogP contribution is 2.18. The molecule has 1 amide bonds. The second kappa shape index (κ2) is 6.39. The minimum atomic E-state index is 0.0955. The minimum absolute atomic E-state index is 0.0955. The van der Waals surface area contributed by atoms with E-state index < -0.39 is 0 Å². The van der Waals surface area contributed by atoms with Gasteiger partial charge in [0, 0.05) is 13.1 Å².